The van der Waals surface area contributed by atoms with Gasteiger partial charge in [-0.25, -0.2) is 0 Å². The first-order valence-electron chi connectivity index (χ1n) is 19.7. The van der Waals surface area contributed by atoms with E-state index in [-0.39, 0.29) is 0 Å². The smallest absolute Gasteiger partial charge is 0.0601 e. The van der Waals surface area contributed by atoms with Gasteiger partial charge in [0, 0.05) is 31.0 Å². The molecule has 2 aliphatic heterocycles. The van der Waals surface area contributed by atoms with E-state index in [0.29, 0.717) is 0 Å². The molecule has 12 rings (SSSR count). The maximum atomic E-state index is 2.45. The molecule has 0 atom stereocenters. The topological polar surface area (TPSA) is 6.48 Å². The predicted molar refractivity (Wildman–Crippen MR) is 247 cm³/mol. The number of benzene rings is 10. The van der Waals surface area contributed by atoms with Gasteiger partial charge < -0.3 is 9.80 Å². The van der Waals surface area contributed by atoms with Gasteiger partial charge in [-0.3, -0.25) is 0 Å². The minimum atomic E-state index is 1.14. The average Bonchev–Trinajstić information content (AvgIpc) is 3.29. The molecule has 0 aromatic heterocycles. The monoisotopic (exact) mass is 774 g/mol. The second-order valence-electron chi connectivity index (χ2n) is 14.8. The molecule has 0 fully saturated rings. The van der Waals surface area contributed by atoms with Gasteiger partial charge in [0.05, 0.1) is 22.7 Å². The Hall–Kier alpha value is -6.72. The van der Waals surface area contributed by atoms with Crippen molar-refractivity contribution in [3.63, 3.8) is 0 Å². The lowest BCUT2D eigenvalue weighted by atomic mass is 9.84. The average molecular weight is 775 g/mol. The Morgan fingerprint density at radius 3 is 1.28 bits per heavy atom. The Balaban J connectivity index is 1.20. The molecule has 0 amide bonds. The Kier molecular flexibility index (Phi) is 7.75. The Labute approximate surface area is 346 Å². The first-order chi connectivity index (χ1) is 28.8. The normalized spacial score (nSPS) is 13.0. The van der Waals surface area contributed by atoms with Crippen LogP contribution in [0.4, 0.5) is 34.1 Å². The number of rotatable bonds is 4. The third-order valence-corrected chi connectivity index (χ3v) is 13.8. The molecule has 2 heterocycles. The third kappa shape index (κ3) is 5.22. The van der Waals surface area contributed by atoms with Gasteiger partial charge in [0.15, 0.2) is 0 Å². The maximum absolute atomic E-state index is 2.45. The molecule has 0 radical (unpaired) electrons. The van der Waals surface area contributed by atoms with Crippen molar-refractivity contribution in [3.8, 4) is 22.3 Å². The summed E-state index contributed by atoms with van der Waals surface area (Å²) in [6.45, 7) is 0. The molecule has 0 aliphatic carbocycles. The summed E-state index contributed by atoms with van der Waals surface area (Å²) in [4.78, 5) is 9.92. The molecule has 0 saturated carbocycles. The van der Waals surface area contributed by atoms with Crippen LogP contribution >= 0.6 is 23.5 Å². The molecule has 0 N–H and O–H groups in total. The van der Waals surface area contributed by atoms with Crippen molar-refractivity contribution >= 4 is 90.0 Å². The van der Waals surface area contributed by atoms with E-state index in [1.165, 1.54) is 96.9 Å². The minimum Gasteiger partial charge on any atom is -0.308 e. The number of hydrogen-bond acceptors (Lipinski definition) is 4. The van der Waals surface area contributed by atoms with Crippen LogP contribution in [-0.2, 0) is 0 Å². The number of hydrogen-bond donors (Lipinski definition) is 0. The van der Waals surface area contributed by atoms with Gasteiger partial charge in [0.1, 0.15) is 0 Å². The van der Waals surface area contributed by atoms with Gasteiger partial charge in [-0.15, -0.1) is 0 Å². The molecule has 0 spiro atoms. The number of para-hydroxylation sites is 4. The molecule has 0 bridgehead atoms. The van der Waals surface area contributed by atoms with E-state index >= 15 is 0 Å². The van der Waals surface area contributed by atoms with E-state index < -0.39 is 0 Å². The first kappa shape index (κ1) is 33.4. The van der Waals surface area contributed by atoms with Gasteiger partial charge in [0.2, 0.25) is 0 Å². The van der Waals surface area contributed by atoms with Crippen molar-refractivity contribution in [1.29, 1.82) is 0 Å². The van der Waals surface area contributed by atoms with Crippen molar-refractivity contribution in [3.05, 3.63) is 206 Å². The molecule has 4 heteroatoms. The van der Waals surface area contributed by atoms with Crippen LogP contribution in [0.5, 0.6) is 0 Å². The summed E-state index contributed by atoms with van der Waals surface area (Å²) in [5.74, 6) is 0. The highest BCUT2D eigenvalue weighted by Crippen LogP contribution is 2.55. The molecule has 272 valence electrons. The van der Waals surface area contributed by atoms with Gasteiger partial charge in [0.25, 0.3) is 0 Å². The SMILES string of the molecule is c1ccc(-c2c3cc(N4c5ccccc5Sc5ccccc54)ccc3c(-c3cccc4ccccc34)c3cc(N4c5ccccc5Sc5ccccc54)ccc23)cc1. The van der Waals surface area contributed by atoms with Crippen molar-refractivity contribution in [2.75, 3.05) is 9.80 Å². The Bertz CT molecular complexity index is 3170. The van der Waals surface area contributed by atoms with Gasteiger partial charge in [-0.05, 0) is 127 Å². The van der Waals surface area contributed by atoms with Crippen molar-refractivity contribution in [2.45, 2.75) is 19.6 Å². The number of nitrogens with zero attached hydrogens (tertiary/aromatic N) is 2. The van der Waals surface area contributed by atoms with Gasteiger partial charge in [-0.2, -0.15) is 0 Å². The molecule has 10 aromatic rings. The molecule has 0 unspecified atom stereocenters. The molecule has 2 aliphatic rings. The highest BCUT2D eigenvalue weighted by atomic mass is 32.2. The maximum Gasteiger partial charge on any atom is 0.0601 e. The summed E-state index contributed by atoms with van der Waals surface area (Å²) in [6.07, 6.45) is 0. The molecule has 2 nitrogen and oxygen atoms in total. The van der Waals surface area contributed by atoms with Crippen LogP contribution in [0.25, 0.3) is 54.6 Å². The van der Waals surface area contributed by atoms with E-state index in [2.05, 4.69) is 216 Å². The zero-order valence-corrected chi connectivity index (χ0v) is 33.0. The molecule has 58 heavy (non-hydrogen) atoms. The first-order valence-corrected chi connectivity index (χ1v) is 21.3. The van der Waals surface area contributed by atoms with Gasteiger partial charge >= 0.3 is 0 Å². The summed E-state index contributed by atoms with van der Waals surface area (Å²) in [5.41, 5.74) is 12.0. The highest BCUT2D eigenvalue weighted by molar-refractivity contribution is 8.00. The largest absolute Gasteiger partial charge is 0.308 e. The van der Waals surface area contributed by atoms with E-state index in [4.69, 9.17) is 0 Å². The summed E-state index contributed by atoms with van der Waals surface area (Å²) < 4.78 is 0. The lowest BCUT2D eigenvalue weighted by Gasteiger charge is -2.34. The summed E-state index contributed by atoms with van der Waals surface area (Å²) in [5, 5.41) is 7.39. The van der Waals surface area contributed by atoms with Crippen LogP contribution in [0.1, 0.15) is 0 Å². The van der Waals surface area contributed by atoms with Crippen LogP contribution in [0.15, 0.2) is 226 Å². The van der Waals surface area contributed by atoms with E-state index in [1.54, 1.807) is 0 Å². The molecule has 10 aromatic carbocycles. The van der Waals surface area contributed by atoms with Crippen LogP contribution in [0.3, 0.4) is 0 Å². The van der Waals surface area contributed by atoms with Crippen molar-refractivity contribution in [1.82, 2.24) is 0 Å². The van der Waals surface area contributed by atoms with E-state index in [9.17, 15) is 0 Å². The number of fused-ring (bicyclic) bond motifs is 7. The summed E-state index contributed by atoms with van der Waals surface area (Å²) >= 11 is 3.69. The molecule has 0 saturated heterocycles. The summed E-state index contributed by atoms with van der Waals surface area (Å²) in [7, 11) is 0. The standard InChI is InChI=1S/C54H34N2S2/c1-2-16-36(17-3-1)53-41-31-29-38(56-47-23-8-12-27-51(47)58-52-28-13-9-24-48(52)56)34-44(41)54(40-20-14-18-35-15-4-5-19-39(35)40)42-32-30-37(33-43(42)53)55-45-21-6-10-25-49(45)57-50-26-11-7-22-46(50)55/h1-34H. The third-order valence-electron chi connectivity index (χ3n) is 11.6. The second-order valence-corrected chi connectivity index (χ2v) is 17.0. The lowest BCUT2D eigenvalue weighted by molar-refractivity contribution is 1.17. The zero-order valence-electron chi connectivity index (χ0n) is 31.3. The van der Waals surface area contributed by atoms with Crippen LogP contribution in [0.2, 0.25) is 0 Å². The zero-order chi connectivity index (χ0) is 38.2. The fourth-order valence-electron chi connectivity index (χ4n) is 9.10. The highest BCUT2D eigenvalue weighted by Gasteiger charge is 2.28. The number of anilines is 6. The lowest BCUT2D eigenvalue weighted by Crippen LogP contribution is -2.15. The van der Waals surface area contributed by atoms with Crippen LogP contribution in [-0.4, -0.2) is 0 Å². The van der Waals surface area contributed by atoms with Gasteiger partial charge in [-0.1, -0.05) is 157 Å². The fourth-order valence-corrected chi connectivity index (χ4v) is 11.2. The fraction of sp³-hybridized carbons (Fsp3) is 0. The van der Waals surface area contributed by atoms with E-state index in [1.807, 2.05) is 23.5 Å². The van der Waals surface area contributed by atoms with Crippen molar-refractivity contribution in [2.24, 2.45) is 0 Å². The Morgan fingerprint density at radius 2 is 0.724 bits per heavy atom. The van der Waals surface area contributed by atoms with Crippen LogP contribution in [0, 0.1) is 0 Å². The molecular weight excluding hydrogens is 741 g/mol. The molecular formula is C54H34N2S2. The Morgan fingerprint density at radius 1 is 0.293 bits per heavy atom. The van der Waals surface area contributed by atoms with Crippen LogP contribution < -0.4 is 9.80 Å². The minimum absolute atomic E-state index is 1.14. The quantitative estimate of drug-likeness (QED) is 0.164. The summed E-state index contributed by atoms with van der Waals surface area (Å²) in [6, 6.07) is 76.0. The van der Waals surface area contributed by atoms with Crippen molar-refractivity contribution < 1.29 is 0 Å². The van der Waals surface area contributed by atoms with E-state index in [0.717, 1.165) is 11.4 Å². The second kappa shape index (κ2) is 13.5. The predicted octanol–water partition coefficient (Wildman–Crippen LogP) is 16.3.